The van der Waals surface area contributed by atoms with Crippen LogP contribution in [0.5, 0.6) is 0 Å². The SMILES string of the molecule is Cc1onc(N(C)C)c1C. The molecule has 0 aliphatic heterocycles. The molecule has 0 atom stereocenters. The van der Waals surface area contributed by atoms with E-state index in [1.165, 1.54) is 0 Å². The first-order valence-electron chi connectivity index (χ1n) is 3.23. The predicted octanol–water partition coefficient (Wildman–Crippen LogP) is 1.36. The van der Waals surface area contributed by atoms with Gasteiger partial charge in [-0.2, -0.15) is 0 Å². The second kappa shape index (κ2) is 2.33. The Hall–Kier alpha value is -0.990. The minimum Gasteiger partial charge on any atom is -0.360 e. The smallest absolute Gasteiger partial charge is 0.174 e. The fraction of sp³-hybridized carbons (Fsp3) is 0.571. The molecule has 0 N–H and O–H groups in total. The van der Waals surface area contributed by atoms with E-state index in [4.69, 9.17) is 4.52 Å². The molecule has 0 fully saturated rings. The fourth-order valence-electron chi connectivity index (χ4n) is 0.823. The van der Waals surface area contributed by atoms with E-state index in [2.05, 4.69) is 5.16 Å². The standard InChI is InChI=1S/C7H12N2O/c1-5-6(2)10-8-7(5)9(3)4/h1-4H3. The highest BCUT2D eigenvalue weighted by atomic mass is 16.5. The van der Waals surface area contributed by atoms with Crippen LogP contribution in [-0.4, -0.2) is 19.3 Å². The molecule has 1 rings (SSSR count). The van der Waals surface area contributed by atoms with Crippen LogP contribution in [0.2, 0.25) is 0 Å². The lowest BCUT2D eigenvalue weighted by Crippen LogP contribution is -2.09. The molecule has 0 aliphatic rings. The Balaban J connectivity index is 3.05. The van der Waals surface area contributed by atoms with Crippen molar-refractivity contribution in [2.45, 2.75) is 13.8 Å². The summed E-state index contributed by atoms with van der Waals surface area (Å²) in [5.41, 5.74) is 1.12. The molecule has 0 unspecified atom stereocenters. The highest BCUT2D eigenvalue weighted by molar-refractivity contribution is 5.44. The van der Waals surface area contributed by atoms with Crippen molar-refractivity contribution in [3.05, 3.63) is 11.3 Å². The van der Waals surface area contributed by atoms with Crippen LogP contribution in [0.25, 0.3) is 0 Å². The molecule has 0 saturated carbocycles. The van der Waals surface area contributed by atoms with Gasteiger partial charge in [0.15, 0.2) is 5.82 Å². The van der Waals surface area contributed by atoms with Gasteiger partial charge in [0.25, 0.3) is 0 Å². The monoisotopic (exact) mass is 140 g/mol. The molecule has 0 radical (unpaired) electrons. The Bertz CT molecular complexity index is 228. The highest BCUT2D eigenvalue weighted by Gasteiger charge is 2.08. The molecule has 1 aromatic rings. The van der Waals surface area contributed by atoms with Gasteiger partial charge in [-0.1, -0.05) is 5.16 Å². The summed E-state index contributed by atoms with van der Waals surface area (Å²) in [5, 5.41) is 3.87. The number of rotatable bonds is 1. The highest BCUT2D eigenvalue weighted by Crippen LogP contribution is 2.18. The lowest BCUT2D eigenvalue weighted by molar-refractivity contribution is 0.397. The topological polar surface area (TPSA) is 29.3 Å². The molecular formula is C7H12N2O. The third-order valence-corrected chi connectivity index (χ3v) is 1.56. The summed E-state index contributed by atoms with van der Waals surface area (Å²) in [6, 6.07) is 0. The zero-order chi connectivity index (χ0) is 7.72. The van der Waals surface area contributed by atoms with E-state index in [0.29, 0.717) is 0 Å². The Morgan fingerprint density at radius 1 is 1.30 bits per heavy atom. The van der Waals surface area contributed by atoms with Gasteiger partial charge in [-0.25, -0.2) is 0 Å². The molecule has 0 saturated heterocycles. The van der Waals surface area contributed by atoms with Crippen LogP contribution in [0.4, 0.5) is 5.82 Å². The summed E-state index contributed by atoms with van der Waals surface area (Å²) in [6.45, 7) is 3.91. The normalized spacial score (nSPS) is 10.0. The van der Waals surface area contributed by atoms with Crippen LogP contribution in [0.1, 0.15) is 11.3 Å². The number of aryl methyl sites for hydroxylation is 1. The van der Waals surface area contributed by atoms with Crippen molar-refractivity contribution in [2.75, 3.05) is 19.0 Å². The summed E-state index contributed by atoms with van der Waals surface area (Å²) in [7, 11) is 3.90. The molecule has 0 spiro atoms. The Morgan fingerprint density at radius 2 is 1.90 bits per heavy atom. The van der Waals surface area contributed by atoms with Gasteiger partial charge in [0.1, 0.15) is 5.76 Å². The largest absolute Gasteiger partial charge is 0.360 e. The second-order valence-corrected chi connectivity index (χ2v) is 2.58. The van der Waals surface area contributed by atoms with E-state index in [-0.39, 0.29) is 0 Å². The minimum absolute atomic E-state index is 0.892. The Morgan fingerprint density at radius 3 is 2.10 bits per heavy atom. The van der Waals surface area contributed by atoms with E-state index in [9.17, 15) is 0 Å². The van der Waals surface area contributed by atoms with Crippen LogP contribution in [0.15, 0.2) is 4.52 Å². The van der Waals surface area contributed by atoms with Crippen molar-refractivity contribution in [1.82, 2.24) is 5.16 Å². The first-order valence-corrected chi connectivity index (χ1v) is 3.23. The zero-order valence-corrected chi connectivity index (χ0v) is 6.80. The van der Waals surface area contributed by atoms with E-state index in [1.807, 2.05) is 32.8 Å². The van der Waals surface area contributed by atoms with E-state index in [0.717, 1.165) is 17.1 Å². The average Bonchev–Trinajstić information content (AvgIpc) is 2.14. The Kier molecular flexibility index (Phi) is 1.66. The van der Waals surface area contributed by atoms with E-state index >= 15 is 0 Å². The fourth-order valence-corrected chi connectivity index (χ4v) is 0.823. The average molecular weight is 140 g/mol. The molecule has 0 amide bonds. The Labute approximate surface area is 60.6 Å². The molecule has 56 valence electrons. The maximum absolute atomic E-state index is 4.96. The van der Waals surface area contributed by atoms with Crippen molar-refractivity contribution in [3.8, 4) is 0 Å². The van der Waals surface area contributed by atoms with Crippen molar-refractivity contribution in [1.29, 1.82) is 0 Å². The molecule has 0 bridgehead atoms. The predicted molar refractivity (Wildman–Crippen MR) is 40.3 cm³/mol. The van der Waals surface area contributed by atoms with Gasteiger partial charge in [0.05, 0.1) is 0 Å². The summed E-state index contributed by atoms with van der Waals surface area (Å²) in [5.74, 6) is 1.81. The van der Waals surface area contributed by atoms with Gasteiger partial charge in [0, 0.05) is 19.7 Å². The molecule has 1 heterocycles. The van der Waals surface area contributed by atoms with Crippen molar-refractivity contribution < 1.29 is 4.52 Å². The van der Waals surface area contributed by atoms with Crippen molar-refractivity contribution in [3.63, 3.8) is 0 Å². The van der Waals surface area contributed by atoms with Gasteiger partial charge in [-0.05, 0) is 13.8 Å². The van der Waals surface area contributed by atoms with E-state index < -0.39 is 0 Å². The van der Waals surface area contributed by atoms with Crippen LogP contribution < -0.4 is 4.90 Å². The maximum atomic E-state index is 4.96. The first-order chi connectivity index (χ1) is 4.63. The molecule has 0 aromatic carbocycles. The van der Waals surface area contributed by atoms with Gasteiger partial charge >= 0.3 is 0 Å². The van der Waals surface area contributed by atoms with Gasteiger partial charge in [0.2, 0.25) is 0 Å². The first kappa shape index (κ1) is 7.12. The number of aromatic nitrogens is 1. The summed E-state index contributed by atoms with van der Waals surface area (Å²) >= 11 is 0. The second-order valence-electron chi connectivity index (χ2n) is 2.58. The van der Waals surface area contributed by atoms with Gasteiger partial charge < -0.3 is 9.42 Å². The molecule has 10 heavy (non-hydrogen) atoms. The summed E-state index contributed by atoms with van der Waals surface area (Å²) in [6.07, 6.45) is 0. The lowest BCUT2D eigenvalue weighted by Gasteiger charge is -2.06. The minimum atomic E-state index is 0.892. The summed E-state index contributed by atoms with van der Waals surface area (Å²) < 4.78 is 4.96. The van der Waals surface area contributed by atoms with Crippen LogP contribution in [-0.2, 0) is 0 Å². The number of hydrogen-bond donors (Lipinski definition) is 0. The molecule has 0 aliphatic carbocycles. The quantitative estimate of drug-likeness (QED) is 0.589. The third-order valence-electron chi connectivity index (χ3n) is 1.56. The lowest BCUT2D eigenvalue weighted by atomic mass is 10.3. The number of hydrogen-bond acceptors (Lipinski definition) is 3. The van der Waals surface area contributed by atoms with Crippen LogP contribution in [0, 0.1) is 13.8 Å². The van der Waals surface area contributed by atoms with Crippen molar-refractivity contribution in [2.24, 2.45) is 0 Å². The maximum Gasteiger partial charge on any atom is 0.174 e. The zero-order valence-electron chi connectivity index (χ0n) is 6.80. The molecular weight excluding hydrogens is 128 g/mol. The molecule has 1 aromatic heterocycles. The molecule has 3 heteroatoms. The molecule has 3 nitrogen and oxygen atoms in total. The van der Waals surface area contributed by atoms with Crippen molar-refractivity contribution >= 4 is 5.82 Å². The van der Waals surface area contributed by atoms with Crippen LogP contribution in [0.3, 0.4) is 0 Å². The van der Waals surface area contributed by atoms with Gasteiger partial charge in [-0.3, -0.25) is 0 Å². The number of anilines is 1. The van der Waals surface area contributed by atoms with E-state index in [1.54, 1.807) is 0 Å². The van der Waals surface area contributed by atoms with Gasteiger partial charge in [-0.15, -0.1) is 0 Å². The van der Waals surface area contributed by atoms with Crippen LogP contribution >= 0.6 is 0 Å². The number of nitrogens with zero attached hydrogens (tertiary/aromatic N) is 2. The third kappa shape index (κ3) is 0.988. The summed E-state index contributed by atoms with van der Waals surface area (Å²) in [4.78, 5) is 1.94.